The average Bonchev–Trinajstić information content (AvgIpc) is 3.51. The van der Waals surface area contributed by atoms with Gasteiger partial charge in [0.1, 0.15) is 6.04 Å². The number of carbonyl (C=O) groups is 3. The Bertz CT molecular complexity index is 836. The lowest BCUT2D eigenvalue weighted by molar-refractivity contribution is -0.129. The van der Waals surface area contributed by atoms with Gasteiger partial charge >= 0.3 is 12.1 Å². The third kappa shape index (κ3) is 3.44. The molecule has 2 aliphatic carbocycles. The van der Waals surface area contributed by atoms with Gasteiger partial charge < -0.3 is 15.1 Å². The summed E-state index contributed by atoms with van der Waals surface area (Å²) in [5, 5.41) is 3.15. The third-order valence-corrected chi connectivity index (χ3v) is 7.30. The first kappa shape index (κ1) is 19.4. The molecule has 2 saturated heterocycles. The predicted molar refractivity (Wildman–Crippen MR) is 112 cm³/mol. The number of hydrogen-bond donors (Lipinski definition) is 1. The monoisotopic (exact) mass is 410 g/mol. The highest BCUT2D eigenvalue weighted by Gasteiger charge is 2.56. The molecule has 1 N–H and O–H groups in total. The summed E-state index contributed by atoms with van der Waals surface area (Å²) in [7, 11) is 0. The van der Waals surface area contributed by atoms with Crippen molar-refractivity contribution >= 4 is 18.0 Å². The van der Waals surface area contributed by atoms with E-state index in [0.29, 0.717) is 19.6 Å². The van der Waals surface area contributed by atoms with Crippen LogP contribution < -0.4 is 5.32 Å². The van der Waals surface area contributed by atoms with Crippen LogP contribution in [0.3, 0.4) is 0 Å². The van der Waals surface area contributed by atoms with Gasteiger partial charge in [0.15, 0.2) is 0 Å². The summed E-state index contributed by atoms with van der Waals surface area (Å²) >= 11 is 0. The number of piperazine rings is 1. The molecule has 5 rings (SSSR count). The van der Waals surface area contributed by atoms with Gasteiger partial charge in [0, 0.05) is 31.1 Å². The SMILES string of the molecule is CC1CCC(NC(=O)N2CCN3C(=O)N([C@H]4C[C@@H]4c4ccccc4)C(=O)[C@@H]3C2)CC1. The summed E-state index contributed by atoms with van der Waals surface area (Å²) in [5.74, 6) is 0.818. The van der Waals surface area contributed by atoms with E-state index >= 15 is 0 Å². The van der Waals surface area contributed by atoms with Crippen LogP contribution in [0, 0.1) is 5.92 Å². The minimum Gasteiger partial charge on any atom is -0.335 e. The molecule has 160 valence electrons. The molecule has 1 aromatic carbocycles. The van der Waals surface area contributed by atoms with Crippen molar-refractivity contribution in [1.82, 2.24) is 20.0 Å². The molecular weight excluding hydrogens is 380 g/mol. The summed E-state index contributed by atoms with van der Waals surface area (Å²) in [6.07, 6.45) is 5.15. The second-order valence-corrected chi connectivity index (χ2v) is 9.37. The lowest BCUT2D eigenvalue weighted by atomic mass is 9.87. The highest BCUT2D eigenvalue weighted by molar-refractivity contribution is 6.05. The van der Waals surface area contributed by atoms with E-state index in [-0.39, 0.29) is 36.0 Å². The number of urea groups is 2. The molecule has 2 saturated carbocycles. The lowest BCUT2D eigenvalue weighted by Crippen LogP contribution is -2.57. The zero-order chi connectivity index (χ0) is 20.8. The lowest BCUT2D eigenvalue weighted by Gasteiger charge is -2.36. The summed E-state index contributed by atoms with van der Waals surface area (Å²) in [4.78, 5) is 43.7. The number of nitrogens with one attached hydrogen (secondary N) is 1. The van der Waals surface area contributed by atoms with E-state index in [2.05, 4.69) is 24.4 Å². The van der Waals surface area contributed by atoms with Crippen LogP contribution in [-0.4, -0.2) is 70.4 Å². The van der Waals surface area contributed by atoms with Crippen LogP contribution in [0.4, 0.5) is 9.59 Å². The Balaban J connectivity index is 1.21. The average molecular weight is 411 g/mol. The van der Waals surface area contributed by atoms with Crippen LogP contribution in [0.15, 0.2) is 30.3 Å². The van der Waals surface area contributed by atoms with Gasteiger partial charge in [-0.2, -0.15) is 0 Å². The van der Waals surface area contributed by atoms with Gasteiger partial charge in [-0.05, 0) is 43.6 Å². The molecular formula is C23H30N4O3. The Morgan fingerprint density at radius 3 is 2.50 bits per heavy atom. The standard InChI is InChI=1S/C23H30N4O3/c1-15-7-9-17(10-8-15)24-22(29)25-11-12-26-20(14-25)21(28)27(23(26)30)19-13-18(19)16-5-3-2-4-6-16/h2-6,15,17-20H,7-14H2,1H3,(H,24,29)/t15?,17?,18-,19+,20+/m1/s1. The van der Waals surface area contributed by atoms with Gasteiger partial charge in [0.05, 0.1) is 6.54 Å². The summed E-state index contributed by atoms with van der Waals surface area (Å²) in [6, 6.07) is 9.42. The Kier molecular flexibility index (Phi) is 4.91. The molecule has 5 amide bonds. The molecule has 0 radical (unpaired) electrons. The van der Waals surface area contributed by atoms with Crippen molar-refractivity contribution in [2.75, 3.05) is 19.6 Å². The number of amides is 5. The van der Waals surface area contributed by atoms with Crippen LogP contribution in [0.5, 0.6) is 0 Å². The first-order valence-electron chi connectivity index (χ1n) is 11.3. The van der Waals surface area contributed by atoms with E-state index in [1.165, 1.54) is 10.5 Å². The van der Waals surface area contributed by atoms with Crippen LogP contribution in [-0.2, 0) is 4.79 Å². The first-order chi connectivity index (χ1) is 14.5. The van der Waals surface area contributed by atoms with E-state index in [1.54, 1.807) is 9.80 Å². The Labute approximate surface area is 177 Å². The van der Waals surface area contributed by atoms with Crippen molar-refractivity contribution in [1.29, 1.82) is 0 Å². The van der Waals surface area contributed by atoms with Gasteiger partial charge in [-0.15, -0.1) is 0 Å². The summed E-state index contributed by atoms with van der Waals surface area (Å²) < 4.78 is 0. The van der Waals surface area contributed by atoms with E-state index < -0.39 is 6.04 Å². The molecule has 0 bridgehead atoms. The molecule has 0 spiro atoms. The van der Waals surface area contributed by atoms with Crippen LogP contribution in [0.25, 0.3) is 0 Å². The quantitative estimate of drug-likeness (QED) is 0.779. The predicted octanol–water partition coefficient (Wildman–Crippen LogP) is 2.78. The Morgan fingerprint density at radius 1 is 1.03 bits per heavy atom. The topological polar surface area (TPSA) is 73.0 Å². The van der Waals surface area contributed by atoms with E-state index in [0.717, 1.165) is 38.0 Å². The largest absolute Gasteiger partial charge is 0.335 e. The number of imide groups is 1. The van der Waals surface area contributed by atoms with Crippen molar-refractivity contribution < 1.29 is 14.4 Å². The van der Waals surface area contributed by atoms with Gasteiger partial charge in [-0.25, -0.2) is 9.59 Å². The second-order valence-electron chi connectivity index (χ2n) is 9.37. The van der Waals surface area contributed by atoms with Crippen molar-refractivity contribution in [3.05, 3.63) is 35.9 Å². The third-order valence-electron chi connectivity index (χ3n) is 7.30. The van der Waals surface area contributed by atoms with Crippen molar-refractivity contribution in [2.24, 2.45) is 5.92 Å². The minimum absolute atomic E-state index is 0.0514. The van der Waals surface area contributed by atoms with E-state index in [9.17, 15) is 14.4 Å². The number of benzene rings is 1. The zero-order valence-electron chi connectivity index (χ0n) is 17.5. The number of nitrogens with zero attached hydrogens (tertiary/aromatic N) is 3. The minimum atomic E-state index is -0.541. The maximum atomic E-state index is 13.1. The van der Waals surface area contributed by atoms with Crippen LogP contribution in [0.2, 0.25) is 0 Å². The summed E-state index contributed by atoms with van der Waals surface area (Å²) in [6.45, 7) is 3.45. The van der Waals surface area contributed by atoms with Crippen molar-refractivity contribution in [3.8, 4) is 0 Å². The van der Waals surface area contributed by atoms with Crippen molar-refractivity contribution in [3.63, 3.8) is 0 Å². The Hall–Kier alpha value is -2.57. The second kappa shape index (κ2) is 7.60. The normalized spacial score (nSPS) is 33.5. The van der Waals surface area contributed by atoms with Gasteiger partial charge in [0.2, 0.25) is 0 Å². The van der Waals surface area contributed by atoms with Gasteiger partial charge in [0.25, 0.3) is 5.91 Å². The molecule has 3 atom stereocenters. The molecule has 4 fully saturated rings. The molecule has 2 aliphatic heterocycles. The summed E-state index contributed by atoms with van der Waals surface area (Å²) in [5.41, 5.74) is 1.18. The maximum Gasteiger partial charge on any atom is 0.327 e. The number of rotatable bonds is 3. The zero-order valence-corrected chi connectivity index (χ0v) is 17.5. The number of carbonyl (C=O) groups excluding carboxylic acids is 3. The molecule has 7 nitrogen and oxygen atoms in total. The molecule has 0 unspecified atom stereocenters. The number of fused-ring (bicyclic) bond motifs is 1. The number of hydrogen-bond acceptors (Lipinski definition) is 3. The maximum absolute atomic E-state index is 13.1. The van der Waals surface area contributed by atoms with E-state index in [1.807, 2.05) is 18.2 Å². The smallest absolute Gasteiger partial charge is 0.327 e. The highest BCUT2D eigenvalue weighted by Crippen LogP contribution is 2.46. The molecule has 4 aliphatic rings. The molecule has 2 heterocycles. The molecule has 30 heavy (non-hydrogen) atoms. The van der Waals surface area contributed by atoms with Gasteiger partial charge in [-0.3, -0.25) is 9.69 Å². The Morgan fingerprint density at radius 2 is 1.77 bits per heavy atom. The van der Waals surface area contributed by atoms with Gasteiger partial charge in [-0.1, -0.05) is 37.3 Å². The molecule has 7 heteroatoms. The highest BCUT2D eigenvalue weighted by atomic mass is 16.2. The van der Waals surface area contributed by atoms with E-state index in [4.69, 9.17) is 0 Å². The van der Waals surface area contributed by atoms with Crippen molar-refractivity contribution in [2.45, 2.75) is 63.1 Å². The fraction of sp³-hybridized carbons (Fsp3) is 0.609. The molecule has 1 aromatic rings. The fourth-order valence-electron chi connectivity index (χ4n) is 5.30. The fourth-order valence-corrected chi connectivity index (χ4v) is 5.30. The molecule has 0 aromatic heterocycles. The first-order valence-corrected chi connectivity index (χ1v) is 11.3. The van der Waals surface area contributed by atoms with Crippen LogP contribution >= 0.6 is 0 Å². The van der Waals surface area contributed by atoms with Crippen LogP contribution in [0.1, 0.15) is 50.5 Å².